The van der Waals surface area contributed by atoms with Gasteiger partial charge in [-0.1, -0.05) is 12.1 Å². The van der Waals surface area contributed by atoms with Crippen molar-refractivity contribution < 1.29 is 23.5 Å². The number of nitrogens with one attached hydrogen (secondary N) is 1. The highest BCUT2D eigenvalue weighted by Crippen LogP contribution is 2.30. The molecule has 1 aromatic carbocycles. The van der Waals surface area contributed by atoms with E-state index < -0.39 is 11.6 Å². The fourth-order valence-electron chi connectivity index (χ4n) is 2.76. The first kappa shape index (κ1) is 16.9. The summed E-state index contributed by atoms with van der Waals surface area (Å²) < 4.78 is 16.4. The van der Waals surface area contributed by atoms with E-state index in [4.69, 9.17) is 13.9 Å². The van der Waals surface area contributed by atoms with Crippen molar-refractivity contribution in [1.82, 2.24) is 10.2 Å². The van der Waals surface area contributed by atoms with Gasteiger partial charge in [0, 0.05) is 0 Å². The Morgan fingerprint density at radius 2 is 1.88 bits per heavy atom. The third-order valence-electron chi connectivity index (χ3n) is 4.15. The SMILES string of the molecule is COc1ccccc1OCCN1C(=O)N[C@](C)(c2ccc(C)o2)C1=O. The summed E-state index contributed by atoms with van der Waals surface area (Å²) in [5, 5.41) is 2.69. The summed E-state index contributed by atoms with van der Waals surface area (Å²) >= 11 is 0. The number of para-hydroxylation sites is 2. The van der Waals surface area contributed by atoms with Gasteiger partial charge < -0.3 is 19.2 Å². The van der Waals surface area contributed by atoms with Crippen molar-refractivity contribution in [1.29, 1.82) is 0 Å². The molecule has 1 aliphatic rings. The first-order chi connectivity index (χ1) is 12.0. The summed E-state index contributed by atoms with van der Waals surface area (Å²) in [6.07, 6.45) is 0. The number of rotatable bonds is 6. The fraction of sp³-hybridized carbons (Fsp3) is 0.333. The third-order valence-corrected chi connectivity index (χ3v) is 4.15. The van der Waals surface area contributed by atoms with E-state index in [1.807, 2.05) is 12.1 Å². The summed E-state index contributed by atoms with van der Waals surface area (Å²) in [4.78, 5) is 26.1. The molecule has 0 unspecified atom stereocenters. The van der Waals surface area contributed by atoms with Gasteiger partial charge >= 0.3 is 6.03 Å². The lowest BCUT2D eigenvalue weighted by Crippen LogP contribution is -2.41. The Labute approximate surface area is 145 Å². The van der Waals surface area contributed by atoms with Crippen LogP contribution in [0.15, 0.2) is 40.8 Å². The van der Waals surface area contributed by atoms with E-state index in [9.17, 15) is 9.59 Å². The van der Waals surface area contributed by atoms with Crippen molar-refractivity contribution in [2.45, 2.75) is 19.4 Å². The first-order valence-corrected chi connectivity index (χ1v) is 7.92. The van der Waals surface area contributed by atoms with Gasteiger partial charge in [0.25, 0.3) is 5.91 Å². The van der Waals surface area contributed by atoms with Crippen LogP contribution in [0, 0.1) is 6.92 Å². The van der Waals surface area contributed by atoms with Crippen molar-refractivity contribution in [3.63, 3.8) is 0 Å². The molecule has 1 aliphatic heterocycles. The van der Waals surface area contributed by atoms with Crippen molar-refractivity contribution in [3.05, 3.63) is 47.9 Å². The molecule has 3 rings (SSSR count). The van der Waals surface area contributed by atoms with Crippen molar-refractivity contribution in [2.75, 3.05) is 20.3 Å². The number of carbonyl (C=O) groups is 2. The molecule has 1 N–H and O–H groups in total. The average molecular weight is 344 g/mol. The van der Waals surface area contributed by atoms with Gasteiger partial charge in [-0.25, -0.2) is 4.79 Å². The second kappa shape index (κ2) is 6.51. The number of amides is 3. The van der Waals surface area contributed by atoms with Crippen LogP contribution in [-0.2, 0) is 10.3 Å². The van der Waals surface area contributed by atoms with E-state index >= 15 is 0 Å². The summed E-state index contributed by atoms with van der Waals surface area (Å²) in [6, 6.07) is 10.2. The molecular weight excluding hydrogens is 324 g/mol. The Kier molecular flexibility index (Phi) is 4.39. The topological polar surface area (TPSA) is 81.0 Å². The minimum absolute atomic E-state index is 0.123. The molecule has 3 amide bonds. The van der Waals surface area contributed by atoms with Crippen LogP contribution < -0.4 is 14.8 Å². The fourth-order valence-corrected chi connectivity index (χ4v) is 2.76. The predicted molar refractivity (Wildman–Crippen MR) is 89.5 cm³/mol. The molecule has 0 bridgehead atoms. The Hall–Kier alpha value is -2.96. The second-order valence-corrected chi connectivity index (χ2v) is 5.92. The standard InChI is InChI=1S/C18H20N2O5/c1-12-8-9-15(25-12)18(2)16(21)20(17(22)19-18)10-11-24-14-7-5-4-6-13(14)23-3/h4-9H,10-11H2,1-3H3,(H,19,22)/t18-/m1/s1. The van der Waals surface area contributed by atoms with Crippen molar-refractivity contribution in [2.24, 2.45) is 0 Å². The third kappa shape index (κ3) is 3.05. The smallest absolute Gasteiger partial charge is 0.325 e. The summed E-state index contributed by atoms with van der Waals surface area (Å²) in [5.74, 6) is 1.88. The largest absolute Gasteiger partial charge is 0.493 e. The zero-order valence-corrected chi connectivity index (χ0v) is 14.4. The number of nitrogens with zero attached hydrogens (tertiary/aromatic N) is 1. The molecular formula is C18H20N2O5. The molecule has 1 fully saturated rings. The Balaban J connectivity index is 1.67. The van der Waals surface area contributed by atoms with E-state index in [1.165, 1.54) is 0 Å². The lowest BCUT2D eigenvalue weighted by Gasteiger charge is -2.19. The minimum atomic E-state index is -1.20. The summed E-state index contributed by atoms with van der Waals surface area (Å²) in [7, 11) is 1.55. The normalized spacial score (nSPS) is 19.9. The van der Waals surface area contributed by atoms with Crippen LogP contribution >= 0.6 is 0 Å². The maximum atomic E-state index is 12.7. The number of ether oxygens (including phenoxy) is 2. The van der Waals surface area contributed by atoms with E-state index in [2.05, 4.69) is 5.32 Å². The Morgan fingerprint density at radius 3 is 2.52 bits per heavy atom. The molecule has 0 saturated carbocycles. The number of benzene rings is 1. The van der Waals surface area contributed by atoms with Gasteiger partial charge in [0.05, 0.1) is 13.7 Å². The Bertz CT molecular complexity index is 800. The number of carbonyl (C=O) groups excluding carboxylic acids is 2. The highest BCUT2D eigenvalue weighted by molar-refractivity contribution is 6.06. The van der Waals surface area contributed by atoms with E-state index in [1.54, 1.807) is 45.2 Å². The molecule has 2 heterocycles. The molecule has 7 heteroatoms. The van der Waals surface area contributed by atoms with Gasteiger partial charge in [-0.05, 0) is 38.1 Å². The van der Waals surface area contributed by atoms with Crippen LogP contribution in [0.4, 0.5) is 4.79 Å². The molecule has 0 aliphatic carbocycles. The number of imide groups is 1. The predicted octanol–water partition coefficient (Wildman–Crippen LogP) is 2.44. The van der Waals surface area contributed by atoms with Crippen LogP contribution in [0.25, 0.3) is 0 Å². The highest BCUT2D eigenvalue weighted by Gasteiger charge is 2.50. The van der Waals surface area contributed by atoms with E-state index in [0.717, 1.165) is 4.90 Å². The van der Waals surface area contributed by atoms with Crippen LogP contribution in [0.2, 0.25) is 0 Å². The maximum Gasteiger partial charge on any atom is 0.325 e. The van der Waals surface area contributed by atoms with E-state index in [0.29, 0.717) is 23.0 Å². The molecule has 1 atom stereocenters. The van der Waals surface area contributed by atoms with Crippen LogP contribution in [-0.4, -0.2) is 37.1 Å². The van der Waals surface area contributed by atoms with Crippen molar-refractivity contribution >= 4 is 11.9 Å². The number of aryl methyl sites for hydroxylation is 1. The molecule has 1 saturated heterocycles. The van der Waals surface area contributed by atoms with Crippen LogP contribution in [0.3, 0.4) is 0 Å². The number of hydrogen-bond acceptors (Lipinski definition) is 5. The maximum absolute atomic E-state index is 12.7. The van der Waals surface area contributed by atoms with Gasteiger partial charge in [0.2, 0.25) is 0 Å². The zero-order valence-electron chi connectivity index (χ0n) is 14.4. The van der Waals surface area contributed by atoms with Gasteiger partial charge in [-0.15, -0.1) is 0 Å². The number of urea groups is 1. The van der Waals surface area contributed by atoms with Crippen LogP contribution in [0.5, 0.6) is 11.5 Å². The zero-order chi connectivity index (χ0) is 18.0. The highest BCUT2D eigenvalue weighted by atomic mass is 16.5. The summed E-state index contributed by atoms with van der Waals surface area (Å²) in [5.41, 5.74) is -1.20. The Morgan fingerprint density at radius 1 is 1.16 bits per heavy atom. The van der Waals surface area contributed by atoms with Crippen molar-refractivity contribution in [3.8, 4) is 11.5 Å². The van der Waals surface area contributed by atoms with Gasteiger partial charge in [0.15, 0.2) is 17.0 Å². The molecule has 0 spiro atoms. The first-order valence-electron chi connectivity index (χ1n) is 7.92. The summed E-state index contributed by atoms with van der Waals surface area (Å²) in [6.45, 7) is 3.70. The quantitative estimate of drug-likeness (QED) is 0.814. The minimum Gasteiger partial charge on any atom is -0.493 e. The monoisotopic (exact) mass is 344 g/mol. The van der Waals surface area contributed by atoms with Crippen LogP contribution in [0.1, 0.15) is 18.4 Å². The van der Waals surface area contributed by atoms with Gasteiger partial charge in [0.1, 0.15) is 18.1 Å². The number of furan rings is 1. The lowest BCUT2D eigenvalue weighted by molar-refractivity contribution is -0.131. The van der Waals surface area contributed by atoms with Gasteiger partial charge in [-0.3, -0.25) is 9.69 Å². The van der Waals surface area contributed by atoms with Gasteiger partial charge in [-0.2, -0.15) is 0 Å². The lowest BCUT2D eigenvalue weighted by atomic mass is 9.99. The molecule has 1 aromatic heterocycles. The molecule has 2 aromatic rings. The number of methoxy groups -OCH3 is 1. The molecule has 132 valence electrons. The van der Waals surface area contributed by atoms with E-state index in [-0.39, 0.29) is 19.1 Å². The second-order valence-electron chi connectivity index (χ2n) is 5.92. The number of hydrogen-bond donors (Lipinski definition) is 1. The molecule has 0 radical (unpaired) electrons. The molecule has 7 nitrogen and oxygen atoms in total. The molecule has 25 heavy (non-hydrogen) atoms. The average Bonchev–Trinajstić information content (AvgIpc) is 3.13.